The molecule has 124 valence electrons. The summed E-state index contributed by atoms with van der Waals surface area (Å²) in [7, 11) is -3.44. The van der Waals surface area contributed by atoms with E-state index in [2.05, 4.69) is 9.97 Å². The Hall–Kier alpha value is -1.83. The third-order valence-electron chi connectivity index (χ3n) is 4.57. The zero-order valence-corrected chi connectivity index (χ0v) is 14.6. The van der Waals surface area contributed by atoms with Crippen molar-refractivity contribution in [3.8, 4) is 0 Å². The van der Waals surface area contributed by atoms with Crippen LogP contribution in [-0.2, 0) is 10.0 Å². The van der Waals surface area contributed by atoms with Gasteiger partial charge < -0.3 is 0 Å². The van der Waals surface area contributed by atoms with Crippen LogP contribution in [0.1, 0.15) is 24.3 Å². The van der Waals surface area contributed by atoms with Gasteiger partial charge in [0.15, 0.2) is 0 Å². The molecule has 5 nitrogen and oxygen atoms in total. The lowest BCUT2D eigenvalue weighted by Crippen LogP contribution is -2.37. The van der Waals surface area contributed by atoms with E-state index in [9.17, 15) is 8.42 Å². The van der Waals surface area contributed by atoms with Crippen LogP contribution in [0.3, 0.4) is 0 Å². The van der Waals surface area contributed by atoms with Crippen molar-refractivity contribution in [2.45, 2.75) is 23.7 Å². The number of rotatable bonds is 3. The van der Waals surface area contributed by atoms with Crippen molar-refractivity contribution in [3.05, 3.63) is 53.8 Å². The Kier molecular flexibility index (Phi) is 4.07. The molecule has 1 fully saturated rings. The zero-order chi connectivity index (χ0) is 16.6. The summed E-state index contributed by atoms with van der Waals surface area (Å²) in [6.45, 7) is 1.10. The number of aromatic nitrogens is 2. The number of hydrogen-bond acceptors (Lipinski definition) is 5. The highest BCUT2D eigenvalue weighted by atomic mass is 32.2. The van der Waals surface area contributed by atoms with Gasteiger partial charge in [-0.05, 0) is 54.7 Å². The summed E-state index contributed by atoms with van der Waals surface area (Å²) < 4.78 is 28.3. The second-order valence-electron chi connectivity index (χ2n) is 5.94. The van der Waals surface area contributed by atoms with E-state index in [1.807, 2.05) is 12.1 Å². The van der Waals surface area contributed by atoms with Gasteiger partial charge in [0.1, 0.15) is 0 Å². The van der Waals surface area contributed by atoms with E-state index in [0.717, 1.165) is 23.1 Å². The van der Waals surface area contributed by atoms with Gasteiger partial charge in [-0.2, -0.15) is 4.31 Å². The number of fused-ring (bicyclic) bond motifs is 1. The second-order valence-corrected chi connectivity index (χ2v) is 8.77. The normalized spacial score (nSPS) is 17.3. The largest absolute Gasteiger partial charge is 0.265 e. The van der Waals surface area contributed by atoms with Crippen LogP contribution in [0.5, 0.6) is 0 Å². The average molecular weight is 359 g/mol. The van der Waals surface area contributed by atoms with Crippen molar-refractivity contribution < 1.29 is 8.42 Å². The maximum Gasteiger partial charge on any atom is 0.243 e. The van der Waals surface area contributed by atoms with Gasteiger partial charge in [0.25, 0.3) is 0 Å². The lowest BCUT2D eigenvalue weighted by atomic mass is 9.91. The Balaban J connectivity index is 1.53. The predicted octanol–water partition coefficient (Wildman–Crippen LogP) is 3.26. The van der Waals surface area contributed by atoms with Gasteiger partial charge in [-0.15, -0.1) is 11.3 Å². The number of hydrogen-bond donors (Lipinski definition) is 0. The fourth-order valence-corrected chi connectivity index (χ4v) is 5.50. The molecular formula is C17H17N3O2S2. The van der Waals surface area contributed by atoms with Gasteiger partial charge in [-0.25, -0.2) is 13.4 Å². The van der Waals surface area contributed by atoms with Crippen molar-refractivity contribution in [1.29, 1.82) is 0 Å². The minimum absolute atomic E-state index is 0.363. The molecule has 24 heavy (non-hydrogen) atoms. The standard InChI is InChI=1S/C17H17N3O2S2/c21-24(22,15-1-2-16-17(11-15)23-12-19-16)20-9-5-14(6-10-20)13-3-7-18-8-4-13/h1-4,7-8,11-12,14H,5-6,9-10H2. The van der Waals surface area contributed by atoms with Gasteiger partial charge in [-0.3, -0.25) is 4.98 Å². The third-order valence-corrected chi connectivity index (χ3v) is 7.26. The summed E-state index contributed by atoms with van der Waals surface area (Å²) in [6, 6.07) is 9.21. The molecule has 0 aliphatic carbocycles. The highest BCUT2D eigenvalue weighted by Gasteiger charge is 2.30. The zero-order valence-electron chi connectivity index (χ0n) is 13.0. The van der Waals surface area contributed by atoms with Crippen LogP contribution in [0.2, 0.25) is 0 Å². The molecule has 0 unspecified atom stereocenters. The Bertz CT molecular complexity index is 946. The van der Waals surface area contributed by atoms with Crippen molar-refractivity contribution in [2.75, 3.05) is 13.1 Å². The van der Waals surface area contributed by atoms with Gasteiger partial charge in [0.05, 0.1) is 20.6 Å². The lowest BCUT2D eigenvalue weighted by Gasteiger charge is -2.31. The van der Waals surface area contributed by atoms with Crippen molar-refractivity contribution >= 4 is 31.6 Å². The van der Waals surface area contributed by atoms with Gasteiger partial charge in [0.2, 0.25) is 10.0 Å². The molecule has 3 heterocycles. The van der Waals surface area contributed by atoms with E-state index in [1.54, 1.807) is 40.4 Å². The van der Waals surface area contributed by atoms with Crippen molar-refractivity contribution in [1.82, 2.24) is 14.3 Å². The summed E-state index contributed by atoms with van der Waals surface area (Å²) in [6.07, 6.45) is 5.27. The van der Waals surface area contributed by atoms with E-state index in [1.165, 1.54) is 16.9 Å². The number of pyridine rings is 1. The first-order valence-electron chi connectivity index (χ1n) is 7.88. The molecule has 3 aromatic rings. The van der Waals surface area contributed by atoms with E-state index in [-0.39, 0.29) is 0 Å². The maximum absolute atomic E-state index is 12.9. The average Bonchev–Trinajstić information content (AvgIpc) is 3.10. The highest BCUT2D eigenvalue weighted by molar-refractivity contribution is 7.89. The Morgan fingerprint density at radius 3 is 2.58 bits per heavy atom. The summed E-state index contributed by atoms with van der Waals surface area (Å²) >= 11 is 1.46. The first kappa shape index (κ1) is 15.7. The summed E-state index contributed by atoms with van der Waals surface area (Å²) in [5.41, 5.74) is 3.82. The fraction of sp³-hybridized carbons (Fsp3) is 0.294. The number of benzene rings is 1. The van der Waals surface area contributed by atoms with Gasteiger partial charge >= 0.3 is 0 Å². The molecule has 0 bridgehead atoms. The molecule has 0 spiro atoms. The van der Waals surface area contributed by atoms with E-state index >= 15 is 0 Å². The third kappa shape index (κ3) is 2.83. The Morgan fingerprint density at radius 1 is 1.08 bits per heavy atom. The first-order chi connectivity index (χ1) is 11.6. The van der Waals surface area contributed by atoms with Gasteiger partial charge in [0, 0.05) is 25.5 Å². The first-order valence-corrected chi connectivity index (χ1v) is 10.2. The predicted molar refractivity (Wildman–Crippen MR) is 94.6 cm³/mol. The monoisotopic (exact) mass is 359 g/mol. The smallest absolute Gasteiger partial charge is 0.243 e. The number of sulfonamides is 1. The Morgan fingerprint density at radius 2 is 1.83 bits per heavy atom. The summed E-state index contributed by atoms with van der Waals surface area (Å²) in [4.78, 5) is 8.61. The quantitative estimate of drug-likeness (QED) is 0.720. The Labute approximate surface area is 145 Å². The molecule has 1 aliphatic heterocycles. The lowest BCUT2D eigenvalue weighted by molar-refractivity contribution is 0.319. The SMILES string of the molecule is O=S(=O)(c1ccc2ncsc2c1)N1CCC(c2ccncc2)CC1. The van der Waals surface area contributed by atoms with Crippen LogP contribution in [0.25, 0.3) is 10.2 Å². The molecule has 0 atom stereocenters. The molecule has 1 saturated heterocycles. The molecule has 1 aromatic carbocycles. The summed E-state index contributed by atoms with van der Waals surface area (Å²) in [5.74, 6) is 0.406. The van der Waals surface area contributed by atoms with Crippen molar-refractivity contribution in [3.63, 3.8) is 0 Å². The molecule has 0 N–H and O–H groups in total. The number of nitrogens with zero attached hydrogens (tertiary/aromatic N) is 3. The molecule has 1 aliphatic rings. The minimum Gasteiger partial charge on any atom is -0.265 e. The highest BCUT2D eigenvalue weighted by Crippen LogP contribution is 2.31. The van der Waals surface area contributed by atoms with E-state index < -0.39 is 10.0 Å². The summed E-state index contributed by atoms with van der Waals surface area (Å²) in [5, 5.41) is 0. The fourth-order valence-electron chi connectivity index (χ4n) is 3.21. The van der Waals surface area contributed by atoms with Crippen LogP contribution >= 0.6 is 11.3 Å². The molecule has 0 amide bonds. The molecule has 0 radical (unpaired) electrons. The second kappa shape index (κ2) is 6.23. The van der Waals surface area contributed by atoms with Crippen LogP contribution in [0.15, 0.2) is 53.1 Å². The minimum atomic E-state index is -3.44. The molecule has 0 saturated carbocycles. The number of piperidine rings is 1. The molecule has 4 rings (SSSR count). The van der Waals surface area contributed by atoms with Crippen molar-refractivity contribution in [2.24, 2.45) is 0 Å². The maximum atomic E-state index is 12.9. The van der Waals surface area contributed by atoms with Crippen LogP contribution < -0.4 is 0 Å². The van der Waals surface area contributed by atoms with E-state index in [4.69, 9.17) is 0 Å². The molecule has 7 heteroatoms. The molecule has 2 aromatic heterocycles. The van der Waals surface area contributed by atoms with Gasteiger partial charge in [-0.1, -0.05) is 0 Å². The topological polar surface area (TPSA) is 63.2 Å². The van der Waals surface area contributed by atoms with E-state index in [0.29, 0.717) is 23.9 Å². The van der Waals surface area contributed by atoms with Crippen LogP contribution in [0, 0.1) is 0 Å². The van der Waals surface area contributed by atoms with Crippen LogP contribution in [0.4, 0.5) is 0 Å². The molecular weight excluding hydrogens is 342 g/mol. The van der Waals surface area contributed by atoms with Crippen LogP contribution in [-0.4, -0.2) is 35.8 Å². The number of thiazole rings is 1.